The average molecular weight is 1110 g/mol. The van der Waals surface area contributed by atoms with Gasteiger partial charge in [0.2, 0.25) is 0 Å². The summed E-state index contributed by atoms with van der Waals surface area (Å²) in [5.41, 5.74) is 10.4. The van der Waals surface area contributed by atoms with Crippen LogP contribution in [-0.2, 0) is 0 Å². The Hall–Kier alpha value is -11.3. The van der Waals surface area contributed by atoms with Crippen molar-refractivity contribution in [3.8, 4) is 66.8 Å². The summed E-state index contributed by atoms with van der Waals surface area (Å²) in [6.07, 6.45) is 0. The molecule has 0 saturated carbocycles. The van der Waals surface area contributed by atoms with Gasteiger partial charge in [-0.3, -0.25) is 0 Å². The highest BCUT2D eigenvalue weighted by Gasteiger charge is 2.21. The Morgan fingerprint density at radius 3 is 1.01 bits per heavy atom. The second-order valence-corrected chi connectivity index (χ2v) is 21.3. The molecule has 0 unspecified atom stereocenters. The molecule has 18 aromatic rings. The molecule has 0 N–H and O–H groups in total. The first-order valence-corrected chi connectivity index (χ1v) is 28.2. The SMILES string of the molecule is [2H]c1c([2H])c([2H])c2c(-c3ccc4ccccc4c3)c3c([2H])c([2H])c([2H])c([2H])c3c(-c3ccc(-c4cccc5oc6ccccc6c45)cc3)c2c1[2H].[2H]c1c([2H])c([2H])c2c(-c3cccc4ccccc34)c3c([2H])c([2H])c([2H])c([2H])c3c(-c3ccc(-c4cccc5oc6ccccc6c45)cc3)c2c1[2H]. The van der Waals surface area contributed by atoms with Crippen LogP contribution in [0.5, 0.6) is 0 Å². The molecular weight excluding hydrogens is 1040 g/mol. The lowest BCUT2D eigenvalue weighted by molar-refractivity contribution is 0.668. The summed E-state index contributed by atoms with van der Waals surface area (Å²) >= 11 is 0. The van der Waals surface area contributed by atoms with Crippen LogP contribution in [0.15, 0.2) is 324 Å². The summed E-state index contributed by atoms with van der Waals surface area (Å²) in [7, 11) is 0. The molecule has 2 nitrogen and oxygen atoms in total. The molecule has 2 heterocycles. The van der Waals surface area contributed by atoms with Gasteiger partial charge >= 0.3 is 0 Å². The monoisotopic (exact) mass is 1110 g/mol. The highest BCUT2D eigenvalue weighted by molar-refractivity contribution is 6.25. The summed E-state index contributed by atoms with van der Waals surface area (Å²) in [4.78, 5) is 0. The zero-order valence-corrected chi connectivity index (χ0v) is 45.6. The van der Waals surface area contributed by atoms with Gasteiger partial charge in [-0.25, -0.2) is 0 Å². The molecule has 0 saturated heterocycles. The quantitative estimate of drug-likeness (QED) is 0.155. The number of hydrogen-bond donors (Lipinski definition) is 0. The zero-order valence-electron chi connectivity index (χ0n) is 61.6. The molecule has 16 aromatic carbocycles. The van der Waals surface area contributed by atoms with E-state index in [1.54, 1.807) is 0 Å². The average Bonchev–Trinajstić information content (AvgIpc) is 0.849. The zero-order chi connectivity index (χ0) is 70.6. The van der Waals surface area contributed by atoms with Gasteiger partial charge in [-0.1, -0.05) is 285 Å². The number of benzene rings is 16. The van der Waals surface area contributed by atoms with E-state index >= 15 is 0 Å². The second-order valence-electron chi connectivity index (χ2n) is 21.3. The predicted molar refractivity (Wildman–Crippen MR) is 365 cm³/mol. The van der Waals surface area contributed by atoms with Gasteiger partial charge in [-0.05, 0) is 162 Å². The molecule has 86 heavy (non-hydrogen) atoms. The highest BCUT2D eigenvalue weighted by Crippen LogP contribution is 2.48. The van der Waals surface area contributed by atoms with Crippen molar-refractivity contribution in [1.82, 2.24) is 0 Å². The van der Waals surface area contributed by atoms with E-state index in [-0.39, 0.29) is 91.4 Å². The molecule has 0 atom stereocenters. The van der Waals surface area contributed by atoms with Crippen LogP contribution in [-0.4, -0.2) is 0 Å². The number of rotatable bonds is 6. The van der Waals surface area contributed by atoms with Crippen LogP contribution in [0.1, 0.15) is 21.9 Å². The number of hydrogen-bond acceptors (Lipinski definition) is 2. The van der Waals surface area contributed by atoms with Crippen molar-refractivity contribution >= 4 is 109 Å². The van der Waals surface area contributed by atoms with Gasteiger partial charge in [0, 0.05) is 21.5 Å². The molecule has 18 rings (SSSR count). The molecular formula is C84H52O2. The van der Waals surface area contributed by atoms with E-state index in [9.17, 15) is 11.0 Å². The molecule has 0 fully saturated rings. The van der Waals surface area contributed by atoms with Crippen molar-refractivity contribution < 1.29 is 30.8 Å². The van der Waals surface area contributed by atoms with Crippen molar-refractivity contribution in [2.75, 3.05) is 0 Å². The maximum Gasteiger partial charge on any atom is 0.136 e. The van der Waals surface area contributed by atoms with Crippen molar-refractivity contribution in [1.29, 1.82) is 0 Å². The Labute approximate surface area is 519 Å². The minimum absolute atomic E-state index is 0.192. The molecule has 0 radical (unpaired) electrons. The standard InChI is InChI=1S/2C42H26O/c1-2-13-30-27(11-1)12-9-20-32(30)41-35-16-5-3-14-33(35)40(34-15-4-6-17-36(34)41)29-25-23-28(24-26-29)31-19-10-22-39-42(31)37-18-7-8-21-38(37)43-39;1-2-11-30-26-31(25-20-27(30)10-1)41-35-14-5-3-12-33(35)40(34-13-4-6-15-36(34)41)29-23-21-28(22-24-29)32-17-9-19-39-42(32)37-16-7-8-18-38(37)43-39/h2*1-26H/i3D,4D,5D,6D,14D,15D,16D,17D;3D,4D,5D,6D,12D,13D,14D,15D. The summed E-state index contributed by atoms with van der Waals surface area (Å²) < 4.78 is 156. The topological polar surface area (TPSA) is 26.3 Å². The fraction of sp³-hybridized carbons (Fsp3) is 0. The van der Waals surface area contributed by atoms with Gasteiger partial charge in [0.05, 0.1) is 21.9 Å². The maximum absolute atomic E-state index is 9.27. The Kier molecular flexibility index (Phi) is 8.38. The normalized spacial score (nSPS) is 14.3. The first-order valence-electron chi connectivity index (χ1n) is 36.2. The smallest absolute Gasteiger partial charge is 0.136 e. The molecule has 0 bridgehead atoms. The molecule has 0 spiro atoms. The Morgan fingerprint density at radius 1 is 0.209 bits per heavy atom. The minimum atomic E-state index is -0.423. The predicted octanol–water partition coefficient (Wildman–Crippen LogP) is 24.1. The lowest BCUT2D eigenvalue weighted by atomic mass is 9.84. The van der Waals surface area contributed by atoms with E-state index in [1.165, 1.54) is 0 Å². The summed E-state index contributed by atoms with van der Waals surface area (Å²) in [6.45, 7) is 0. The van der Waals surface area contributed by atoms with E-state index < -0.39 is 48.3 Å². The molecule has 0 amide bonds. The number of para-hydroxylation sites is 2. The lowest BCUT2D eigenvalue weighted by Gasteiger charge is -2.19. The first-order chi connectivity index (χ1) is 49.3. The Bertz CT molecular complexity index is 6530. The van der Waals surface area contributed by atoms with E-state index in [2.05, 4.69) is 0 Å². The van der Waals surface area contributed by atoms with E-state index in [0.29, 0.717) is 44.5 Å². The largest absolute Gasteiger partial charge is 0.456 e. The summed E-state index contributed by atoms with van der Waals surface area (Å²) in [5, 5.41) is 9.01. The van der Waals surface area contributed by atoms with Gasteiger partial charge < -0.3 is 8.83 Å². The lowest BCUT2D eigenvalue weighted by Crippen LogP contribution is -1.91. The molecule has 0 aliphatic heterocycles. The molecule has 2 aromatic heterocycles. The molecule has 400 valence electrons. The fourth-order valence-corrected chi connectivity index (χ4v) is 12.8. The fourth-order valence-electron chi connectivity index (χ4n) is 12.8. The van der Waals surface area contributed by atoms with Crippen molar-refractivity contribution in [2.24, 2.45) is 0 Å². The van der Waals surface area contributed by atoms with E-state index in [1.807, 2.05) is 218 Å². The molecule has 2 heteroatoms. The number of furan rings is 2. The van der Waals surface area contributed by atoms with Crippen molar-refractivity contribution in [3.05, 3.63) is 315 Å². The molecule has 0 aliphatic carbocycles. The second kappa shape index (κ2) is 20.2. The van der Waals surface area contributed by atoms with E-state index in [0.717, 1.165) is 87.7 Å². The van der Waals surface area contributed by atoms with E-state index in [4.69, 9.17) is 19.8 Å². The van der Waals surface area contributed by atoms with Crippen LogP contribution < -0.4 is 0 Å². The molecule has 0 aliphatic rings. The first kappa shape index (κ1) is 35.6. The van der Waals surface area contributed by atoms with Crippen LogP contribution >= 0.6 is 0 Å². The van der Waals surface area contributed by atoms with Gasteiger partial charge in [0.25, 0.3) is 0 Å². The third-order valence-corrected chi connectivity index (χ3v) is 16.6. The van der Waals surface area contributed by atoms with Gasteiger partial charge in [0.1, 0.15) is 22.3 Å². The summed E-state index contributed by atoms with van der Waals surface area (Å²) in [6, 6.07) is 63.7. The van der Waals surface area contributed by atoms with Gasteiger partial charge in [-0.2, -0.15) is 0 Å². The Morgan fingerprint density at radius 2 is 0.535 bits per heavy atom. The maximum atomic E-state index is 9.27. The van der Waals surface area contributed by atoms with Gasteiger partial charge in [0.15, 0.2) is 0 Å². The van der Waals surface area contributed by atoms with Gasteiger partial charge in [-0.15, -0.1) is 0 Å². The minimum Gasteiger partial charge on any atom is -0.456 e. The summed E-state index contributed by atoms with van der Waals surface area (Å²) in [5.74, 6) is 0. The van der Waals surface area contributed by atoms with Crippen LogP contribution in [0, 0.1) is 0 Å². The highest BCUT2D eigenvalue weighted by atomic mass is 16.3. The Balaban J connectivity index is 0.000000152. The van der Waals surface area contributed by atoms with Crippen molar-refractivity contribution in [2.45, 2.75) is 0 Å². The van der Waals surface area contributed by atoms with Crippen LogP contribution in [0.4, 0.5) is 0 Å². The number of fused-ring (bicyclic) bond motifs is 12. The van der Waals surface area contributed by atoms with Crippen molar-refractivity contribution in [3.63, 3.8) is 0 Å². The van der Waals surface area contributed by atoms with Crippen LogP contribution in [0.3, 0.4) is 0 Å². The third-order valence-electron chi connectivity index (χ3n) is 16.6. The third kappa shape index (κ3) is 8.03. The van der Waals surface area contributed by atoms with Crippen LogP contribution in [0.25, 0.3) is 175 Å². The van der Waals surface area contributed by atoms with Crippen LogP contribution in [0.2, 0.25) is 0 Å².